The number of piperazine rings is 1. The lowest BCUT2D eigenvalue weighted by molar-refractivity contribution is -0.187. The van der Waals surface area contributed by atoms with Gasteiger partial charge in [0, 0.05) is 69.9 Å². The van der Waals surface area contributed by atoms with Gasteiger partial charge in [-0.2, -0.15) is 5.26 Å². The van der Waals surface area contributed by atoms with Gasteiger partial charge >= 0.3 is 17.9 Å². The molecule has 12 rings (SSSR count). The maximum absolute atomic E-state index is 15.1. The van der Waals surface area contributed by atoms with E-state index in [0.29, 0.717) is 51.6 Å². The van der Waals surface area contributed by atoms with E-state index in [1.165, 1.54) is 25.8 Å². The molecule has 1 unspecified atom stereocenters. The summed E-state index contributed by atoms with van der Waals surface area (Å²) in [5, 5.41) is 37.5. The molecule has 0 aliphatic carbocycles. The molecule has 310 valence electrons. The highest BCUT2D eigenvalue weighted by atomic mass is 32.2. The minimum atomic E-state index is -1.67. The molecule has 9 atom stereocenters. The minimum Gasteiger partial charge on any atom is -0.504 e. The third-order valence-electron chi connectivity index (χ3n) is 14.3. The number of thioether (sulfide) groups is 1. The number of ether oxygens (including phenoxy) is 5. The summed E-state index contributed by atoms with van der Waals surface area (Å²) in [4.78, 5) is 49.2. The number of phenolic OH excluding ortho intramolecular Hbond substituents is 1. The molecule has 4 N–H and O–H groups in total. The Kier molecular flexibility index (Phi) is 7.84. The van der Waals surface area contributed by atoms with Gasteiger partial charge in [-0.3, -0.25) is 24.7 Å². The van der Waals surface area contributed by atoms with Crippen molar-refractivity contribution in [2.75, 3.05) is 26.3 Å². The number of nitrogens with zero attached hydrogens (tertiary/aromatic N) is 3. The molecule has 8 aliphatic rings. The fourth-order valence-corrected chi connectivity index (χ4v) is 13.7. The predicted molar refractivity (Wildman–Crippen MR) is 215 cm³/mol. The van der Waals surface area contributed by atoms with E-state index in [2.05, 4.69) is 39.2 Å². The molecule has 16 heteroatoms. The average Bonchev–Trinajstić information content (AvgIpc) is 3.90. The highest BCUT2D eigenvalue weighted by Gasteiger charge is 2.71. The molecule has 4 aromatic rings. The van der Waals surface area contributed by atoms with E-state index < -0.39 is 64.4 Å². The number of carboxylic acid groups (broad SMARTS) is 1. The highest BCUT2D eigenvalue weighted by Crippen LogP contribution is 2.71. The first-order chi connectivity index (χ1) is 28.7. The van der Waals surface area contributed by atoms with Crippen LogP contribution < -0.4 is 24.3 Å². The van der Waals surface area contributed by atoms with Gasteiger partial charge in [0.2, 0.25) is 6.79 Å². The van der Waals surface area contributed by atoms with Crippen LogP contribution in [-0.2, 0) is 36.6 Å². The van der Waals surface area contributed by atoms with Crippen LogP contribution in [0, 0.1) is 32.1 Å². The van der Waals surface area contributed by atoms with Crippen molar-refractivity contribution in [3.8, 4) is 34.8 Å². The Labute approximate surface area is 348 Å². The van der Waals surface area contributed by atoms with Gasteiger partial charge in [0.05, 0.1) is 36.2 Å². The Hall–Kier alpha value is -5.47. The predicted octanol–water partition coefficient (Wildman–Crippen LogP) is 4.96. The Morgan fingerprint density at radius 1 is 1.08 bits per heavy atom. The summed E-state index contributed by atoms with van der Waals surface area (Å²) in [5.74, 6) is -0.829. The zero-order valence-electron chi connectivity index (χ0n) is 33.8. The monoisotopic (exact) mass is 833 g/mol. The number of hydrogen-bond acceptors (Lipinski definition) is 14. The molecule has 3 fully saturated rings. The molecule has 0 saturated carbocycles. The number of methoxy groups -OCH3 is 1. The molecule has 15 nitrogen and oxygen atoms in total. The van der Waals surface area contributed by atoms with E-state index in [4.69, 9.17) is 23.7 Å². The summed E-state index contributed by atoms with van der Waals surface area (Å²) in [7, 11) is 1.53. The second-order valence-electron chi connectivity index (χ2n) is 17.4. The van der Waals surface area contributed by atoms with Crippen LogP contribution in [0.1, 0.15) is 87.8 Å². The largest absolute Gasteiger partial charge is 0.504 e. The molecular weight excluding hydrogens is 791 g/mol. The van der Waals surface area contributed by atoms with Gasteiger partial charge in [0.25, 0.3) is 0 Å². The number of fused-ring (bicyclic) bond motifs is 10. The summed E-state index contributed by atoms with van der Waals surface area (Å²) < 4.78 is 30.8. The fraction of sp³-hybridized carbons (Fsp3) is 0.455. The van der Waals surface area contributed by atoms with Crippen molar-refractivity contribution in [2.24, 2.45) is 0 Å². The number of aromatic amines is 1. The number of carbonyl (C=O) groups is 3. The van der Waals surface area contributed by atoms with Crippen molar-refractivity contribution >= 4 is 40.6 Å². The first-order valence-electron chi connectivity index (χ1n) is 20.2. The lowest BCUT2D eigenvalue weighted by Crippen LogP contribution is -2.75. The third-order valence-corrected chi connectivity index (χ3v) is 15.8. The van der Waals surface area contributed by atoms with Gasteiger partial charge in [-0.25, -0.2) is 4.79 Å². The maximum atomic E-state index is 15.1. The number of aryl methyl sites for hydroxylation is 2. The minimum absolute atomic E-state index is 0.0266. The normalized spacial score (nSPS) is 31.9. The van der Waals surface area contributed by atoms with Crippen LogP contribution in [0.4, 0.5) is 0 Å². The molecular formula is C44H43N5O10S. The standard InChI is InChI=1S/C44H43N5O10S/c1-17-7-8-24-21(9-17)22-11-25(41(52)53)47-44(40(22)46-24)15-60-39-31-30(38-37(57-16-58-38)19(3)36(31)59-20(4)50)28(14-56-42(44)54)48-27(13-45)26-12-43(5)23-10-18(2)35(55-6)34(51)29(23)32(33(39)48)49(26)43/h7-10,25-28,32-33,39,46-47,51H,11-12,14-16H2,1-6H3,(H,52,53)/t25-,26+,27+,28+,32-,33-,39-,43?,44-/m1/s1. The van der Waals surface area contributed by atoms with Crippen LogP contribution in [0.5, 0.6) is 28.7 Å². The molecule has 60 heavy (non-hydrogen) atoms. The number of aliphatic carboxylic acids is 1. The van der Waals surface area contributed by atoms with Crippen molar-refractivity contribution in [1.82, 2.24) is 20.1 Å². The van der Waals surface area contributed by atoms with Crippen LogP contribution in [-0.4, -0.2) is 93.3 Å². The van der Waals surface area contributed by atoms with Crippen LogP contribution >= 0.6 is 11.8 Å². The van der Waals surface area contributed by atoms with Crippen LogP contribution in [0.2, 0.25) is 0 Å². The molecule has 0 radical (unpaired) electrons. The second kappa shape index (κ2) is 12.5. The first kappa shape index (κ1) is 37.5. The van der Waals surface area contributed by atoms with Gasteiger partial charge in [0.15, 0.2) is 28.5 Å². The van der Waals surface area contributed by atoms with E-state index in [0.717, 1.165) is 33.2 Å². The van der Waals surface area contributed by atoms with Crippen molar-refractivity contribution in [3.05, 3.63) is 74.5 Å². The number of phenols is 1. The molecule has 0 amide bonds. The van der Waals surface area contributed by atoms with Gasteiger partial charge < -0.3 is 38.9 Å². The highest BCUT2D eigenvalue weighted by molar-refractivity contribution is 7.99. The molecule has 8 aliphatic heterocycles. The molecule has 2 bridgehead atoms. The quantitative estimate of drug-likeness (QED) is 0.160. The topological polar surface area (TPSA) is 196 Å². The van der Waals surface area contributed by atoms with E-state index in [9.17, 15) is 25.1 Å². The number of carbonyl (C=O) groups excluding carboxylic acids is 2. The van der Waals surface area contributed by atoms with Gasteiger partial charge in [-0.1, -0.05) is 11.6 Å². The number of rotatable bonds is 3. The number of aromatic hydroxyl groups is 1. The third kappa shape index (κ3) is 4.58. The summed E-state index contributed by atoms with van der Waals surface area (Å²) in [6.45, 7) is 8.82. The summed E-state index contributed by atoms with van der Waals surface area (Å²) in [6, 6.07) is 6.61. The van der Waals surface area contributed by atoms with E-state index in [1.807, 2.05) is 39.0 Å². The molecule has 1 aromatic heterocycles. The van der Waals surface area contributed by atoms with E-state index >= 15 is 4.79 Å². The summed E-state index contributed by atoms with van der Waals surface area (Å²) in [6.07, 6.45) is 0.771. The first-order valence-corrected chi connectivity index (χ1v) is 21.2. The lowest BCUT2D eigenvalue weighted by Gasteiger charge is -2.66. The number of aromatic nitrogens is 1. The second-order valence-corrected chi connectivity index (χ2v) is 18.5. The lowest BCUT2D eigenvalue weighted by atomic mass is 9.70. The number of nitriles is 1. The number of benzene rings is 3. The van der Waals surface area contributed by atoms with Gasteiger partial charge in [-0.05, 0) is 69.0 Å². The average molecular weight is 834 g/mol. The fourth-order valence-electron chi connectivity index (χ4n) is 12.0. The Morgan fingerprint density at radius 3 is 2.60 bits per heavy atom. The van der Waals surface area contributed by atoms with Crippen molar-refractivity contribution in [1.29, 1.82) is 5.26 Å². The Balaban J connectivity index is 1.19. The zero-order chi connectivity index (χ0) is 41.9. The number of nitrogens with one attached hydrogen (secondary N) is 2. The Bertz CT molecular complexity index is 2690. The maximum Gasteiger partial charge on any atom is 0.333 e. The van der Waals surface area contributed by atoms with Crippen molar-refractivity contribution in [2.45, 2.75) is 100 Å². The molecule has 9 heterocycles. The zero-order valence-corrected chi connectivity index (χ0v) is 34.6. The molecule has 3 saturated heterocycles. The Morgan fingerprint density at radius 2 is 1.87 bits per heavy atom. The molecule has 1 spiro atoms. The smallest absolute Gasteiger partial charge is 0.333 e. The number of H-pyrrole nitrogens is 1. The van der Waals surface area contributed by atoms with Gasteiger partial charge in [-0.15, -0.1) is 11.8 Å². The number of esters is 2. The van der Waals surface area contributed by atoms with Crippen LogP contribution in [0.25, 0.3) is 10.9 Å². The van der Waals surface area contributed by atoms with Gasteiger partial charge in [0.1, 0.15) is 24.4 Å². The summed E-state index contributed by atoms with van der Waals surface area (Å²) >= 11 is 1.40. The van der Waals surface area contributed by atoms with Crippen molar-refractivity contribution in [3.63, 3.8) is 0 Å². The number of carboxylic acids is 1. The SMILES string of the molecule is COc1c(C)cc2c(c1O)[C@@H]1[C@@H]3[C@@H]4SC[C@]5(N[C@@H](C(=O)O)Cc6c5[nH]c5ccc(C)cc65)C(=O)OC[C@@H](c5c6c(c(C)c(OC(C)=O)c54)OCO6)N3[C@@H](C#N)[C@@H]3CC2(C)N13. The van der Waals surface area contributed by atoms with E-state index in [1.54, 1.807) is 0 Å². The number of hydrogen-bond donors (Lipinski definition) is 4. The van der Waals surface area contributed by atoms with Crippen molar-refractivity contribution < 1.29 is 48.3 Å². The van der Waals surface area contributed by atoms with Crippen LogP contribution in [0.15, 0.2) is 24.3 Å². The van der Waals surface area contributed by atoms with Crippen LogP contribution in [0.3, 0.4) is 0 Å². The summed E-state index contributed by atoms with van der Waals surface area (Å²) in [5.41, 5.74) is 5.06. The van der Waals surface area contributed by atoms with E-state index in [-0.39, 0.29) is 43.1 Å². The molecule has 3 aromatic carbocycles.